The third kappa shape index (κ3) is 2.81. The van der Waals surface area contributed by atoms with Crippen molar-refractivity contribution in [2.24, 2.45) is 0 Å². The second-order valence-electron chi connectivity index (χ2n) is 5.73. The number of amides is 1. The summed E-state index contributed by atoms with van der Waals surface area (Å²) in [5.74, 6) is -0.00829. The van der Waals surface area contributed by atoms with Gasteiger partial charge in [-0.1, -0.05) is 6.92 Å². The molecule has 1 saturated heterocycles. The average molecular weight is 286 g/mol. The van der Waals surface area contributed by atoms with E-state index in [9.17, 15) is 4.79 Å². The van der Waals surface area contributed by atoms with Crippen molar-refractivity contribution >= 4 is 16.8 Å². The Balaban J connectivity index is 1.82. The molecule has 2 heterocycles. The number of H-pyrrole nitrogens is 1. The summed E-state index contributed by atoms with van der Waals surface area (Å²) in [7, 11) is 0. The molecule has 0 radical (unpaired) electrons. The minimum atomic E-state index is -0.00829. The Hall–Kier alpha value is -1.81. The van der Waals surface area contributed by atoms with E-state index in [-0.39, 0.29) is 11.9 Å². The molecule has 0 aliphatic carbocycles. The van der Waals surface area contributed by atoms with Gasteiger partial charge in [0, 0.05) is 28.8 Å². The predicted molar refractivity (Wildman–Crippen MR) is 83.7 cm³/mol. The third-order valence-corrected chi connectivity index (χ3v) is 4.27. The van der Waals surface area contributed by atoms with Crippen molar-refractivity contribution in [3.05, 3.63) is 35.0 Å². The van der Waals surface area contributed by atoms with E-state index in [0.29, 0.717) is 6.61 Å². The van der Waals surface area contributed by atoms with Crippen LogP contribution in [0, 0.1) is 6.92 Å². The average Bonchev–Trinajstić information content (AvgIpc) is 2.84. The minimum Gasteiger partial charge on any atom is -0.379 e. The number of carbonyl (C=O) groups is 1. The van der Waals surface area contributed by atoms with E-state index < -0.39 is 0 Å². The fraction of sp³-hybridized carbons (Fsp3) is 0.471. The summed E-state index contributed by atoms with van der Waals surface area (Å²) >= 11 is 0. The lowest BCUT2D eigenvalue weighted by Gasteiger charge is -2.23. The number of fused-ring (bicyclic) bond motifs is 1. The minimum absolute atomic E-state index is 0.00829. The molecule has 1 amide bonds. The van der Waals surface area contributed by atoms with Gasteiger partial charge >= 0.3 is 0 Å². The predicted octanol–water partition coefficient (Wildman–Crippen LogP) is 2.95. The molecule has 0 saturated carbocycles. The number of rotatable bonds is 3. The van der Waals surface area contributed by atoms with Gasteiger partial charge in [-0.25, -0.2) is 0 Å². The number of hydrogen-bond acceptors (Lipinski definition) is 2. The van der Waals surface area contributed by atoms with Crippen molar-refractivity contribution in [2.75, 3.05) is 13.2 Å². The second kappa shape index (κ2) is 5.90. The van der Waals surface area contributed by atoms with Crippen molar-refractivity contribution in [1.82, 2.24) is 10.3 Å². The Labute approximate surface area is 124 Å². The number of ether oxygens (including phenoxy) is 1. The van der Waals surface area contributed by atoms with E-state index >= 15 is 0 Å². The molecule has 1 aromatic carbocycles. The zero-order valence-corrected chi connectivity index (χ0v) is 12.7. The molecular weight excluding hydrogens is 264 g/mol. The van der Waals surface area contributed by atoms with Crippen LogP contribution in [0.15, 0.2) is 18.2 Å². The molecule has 3 rings (SSSR count). The van der Waals surface area contributed by atoms with E-state index in [1.54, 1.807) is 0 Å². The summed E-state index contributed by atoms with van der Waals surface area (Å²) in [5, 5.41) is 4.20. The summed E-state index contributed by atoms with van der Waals surface area (Å²) in [5.41, 5.74) is 4.30. The highest BCUT2D eigenvalue weighted by molar-refractivity contribution is 5.99. The Morgan fingerprint density at radius 1 is 1.48 bits per heavy atom. The number of hydrogen-bond donors (Lipinski definition) is 2. The van der Waals surface area contributed by atoms with Crippen LogP contribution in [0.5, 0.6) is 0 Å². The maximum absolute atomic E-state index is 12.4. The Kier molecular flexibility index (Phi) is 3.97. The standard InChI is InChI=1S/C17H22N2O2/c1-3-15-11(2)14-9-12(6-7-16(14)19-15)17(20)18-13-5-4-8-21-10-13/h6-7,9,13,19H,3-5,8,10H2,1-2H3,(H,18,20). The monoisotopic (exact) mass is 286 g/mol. The molecule has 1 fully saturated rings. The SMILES string of the molecule is CCc1[nH]c2ccc(C(=O)NC3CCCOC3)cc2c1C. The number of nitrogens with one attached hydrogen (secondary N) is 2. The molecule has 2 N–H and O–H groups in total. The Morgan fingerprint density at radius 2 is 2.33 bits per heavy atom. The molecule has 1 atom stereocenters. The number of benzene rings is 1. The molecule has 21 heavy (non-hydrogen) atoms. The van der Waals surface area contributed by atoms with Gasteiger partial charge < -0.3 is 15.0 Å². The van der Waals surface area contributed by atoms with Crippen LogP contribution in [-0.4, -0.2) is 30.1 Å². The van der Waals surface area contributed by atoms with Gasteiger partial charge in [0.1, 0.15) is 0 Å². The van der Waals surface area contributed by atoms with Gasteiger partial charge in [0.15, 0.2) is 0 Å². The quantitative estimate of drug-likeness (QED) is 0.911. The van der Waals surface area contributed by atoms with Crippen LogP contribution >= 0.6 is 0 Å². The van der Waals surface area contributed by atoms with E-state index in [4.69, 9.17) is 4.74 Å². The van der Waals surface area contributed by atoms with Crippen molar-refractivity contribution in [3.8, 4) is 0 Å². The van der Waals surface area contributed by atoms with Crippen LogP contribution < -0.4 is 5.32 Å². The van der Waals surface area contributed by atoms with E-state index in [0.717, 1.165) is 42.3 Å². The fourth-order valence-corrected chi connectivity index (χ4v) is 3.00. The molecule has 1 aromatic heterocycles. The van der Waals surface area contributed by atoms with Crippen molar-refractivity contribution in [3.63, 3.8) is 0 Å². The maximum atomic E-state index is 12.4. The summed E-state index contributed by atoms with van der Waals surface area (Å²) in [4.78, 5) is 15.8. The zero-order valence-electron chi connectivity index (χ0n) is 12.7. The lowest BCUT2D eigenvalue weighted by molar-refractivity contribution is 0.0624. The lowest BCUT2D eigenvalue weighted by Crippen LogP contribution is -2.40. The van der Waals surface area contributed by atoms with Crippen molar-refractivity contribution in [2.45, 2.75) is 39.2 Å². The van der Waals surface area contributed by atoms with Crippen LogP contribution in [0.2, 0.25) is 0 Å². The first-order valence-corrected chi connectivity index (χ1v) is 7.69. The van der Waals surface area contributed by atoms with Crippen molar-refractivity contribution in [1.29, 1.82) is 0 Å². The molecule has 1 aliphatic rings. The summed E-state index contributed by atoms with van der Waals surface area (Å²) in [6, 6.07) is 6.00. The van der Waals surface area contributed by atoms with Crippen LogP contribution in [0.3, 0.4) is 0 Å². The first-order chi connectivity index (χ1) is 10.2. The van der Waals surface area contributed by atoms with E-state index in [1.807, 2.05) is 18.2 Å². The zero-order chi connectivity index (χ0) is 14.8. The van der Waals surface area contributed by atoms with Gasteiger partial charge in [0.25, 0.3) is 5.91 Å². The van der Waals surface area contributed by atoms with Crippen LogP contribution in [0.4, 0.5) is 0 Å². The van der Waals surface area contributed by atoms with Gasteiger partial charge in [-0.05, 0) is 49.9 Å². The molecule has 112 valence electrons. The second-order valence-corrected chi connectivity index (χ2v) is 5.73. The van der Waals surface area contributed by atoms with Gasteiger partial charge in [0.05, 0.1) is 12.6 Å². The smallest absolute Gasteiger partial charge is 0.251 e. The van der Waals surface area contributed by atoms with E-state index in [1.165, 1.54) is 11.3 Å². The first kappa shape index (κ1) is 14.1. The molecule has 0 spiro atoms. The third-order valence-electron chi connectivity index (χ3n) is 4.27. The maximum Gasteiger partial charge on any atom is 0.251 e. The van der Waals surface area contributed by atoms with Gasteiger partial charge in [0.2, 0.25) is 0 Å². The molecule has 1 aliphatic heterocycles. The van der Waals surface area contributed by atoms with E-state index in [2.05, 4.69) is 24.1 Å². The summed E-state index contributed by atoms with van der Waals surface area (Å²) < 4.78 is 5.41. The number of aromatic amines is 1. The van der Waals surface area contributed by atoms with Crippen LogP contribution in [-0.2, 0) is 11.2 Å². The molecular formula is C17H22N2O2. The topological polar surface area (TPSA) is 54.1 Å². The van der Waals surface area contributed by atoms with Gasteiger partial charge in [-0.3, -0.25) is 4.79 Å². The first-order valence-electron chi connectivity index (χ1n) is 7.69. The highest BCUT2D eigenvalue weighted by Crippen LogP contribution is 2.23. The van der Waals surface area contributed by atoms with Crippen molar-refractivity contribution < 1.29 is 9.53 Å². The van der Waals surface area contributed by atoms with Gasteiger partial charge in [-0.15, -0.1) is 0 Å². The molecule has 1 unspecified atom stereocenters. The van der Waals surface area contributed by atoms with Crippen LogP contribution in [0.25, 0.3) is 10.9 Å². The Morgan fingerprint density at radius 3 is 3.05 bits per heavy atom. The molecule has 4 heteroatoms. The summed E-state index contributed by atoms with van der Waals surface area (Å²) in [6.07, 6.45) is 2.99. The number of carbonyl (C=O) groups excluding carboxylic acids is 1. The Bertz CT molecular complexity index is 654. The van der Waals surface area contributed by atoms with Gasteiger partial charge in [-0.2, -0.15) is 0 Å². The highest BCUT2D eigenvalue weighted by atomic mass is 16.5. The fourth-order valence-electron chi connectivity index (χ4n) is 3.00. The molecule has 2 aromatic rings. The van der Waals surface area contributed by atoms with Crippen LogP contribution in [0.1, 0.15) is 41.4 Å². The molecule has 0 bridgehead atoms. The molecule has 4 nitrogen and oxygen atoms in total. The lowest BCUT2D eigenvalue weighted by atomic mass is 10.1. The number of aromatic nitrogens is 1. The largest absolute Gasteiger partial charge is 0.379 e. The normalized spacial score (nSPS) is 18.9. The summed E-state index contributed by atoms with van der Waals surface area (Å²) in [6.45, 7) is 5.67. The number of aryl methyl sites for hydroxylation is 2. The highest BCUT2D eigenvalue weighted by Gasteiger charge is 2.17.